The lowest BCUT2D eigenvalue weighted by atomic mass is 10.3. The predicted molar refractivity (Wildman–Crippen MR) is 78.8 cm³/mol. The minimum Gasteiger partial charge on any atom is -0.217 e. The van der Waals surface area contributed by atoms with E-state index in [4.69, 9.17) is 23.2 Å². The van der Waals surface area contributed by atoms with E-state index in [-0.39, 0.29) is 20.8 Å². The van der Waals surface area contributed by atoms with Crippen LogP contribution >= 0.6 is 23.2 Å². The number of fused-ring (bicyclic) bond motifs is 1. The van der Waals surface area contributed by atoms with Gasteiger partial charge in [-0.1, -0.05) is 41.4 Å². The molecule has 1 aromatic carbocycles. The van der Waals surface area contributed by atoms with Gasteiger partial charge in [0.25, 0.3) is 10.0 Å². The van der Waals surface area contributed by atoms with Crippen LogP contribution in [0.5, 0.6) is 0 Å². The molecule has 0 aliphatic rings. The third-order valence-corrected chi connectivity index (χ3v) is 5.12. The lowest BCUT2D eigenvalue weighted by Crippen LogP contribution is -2.13. The van der Waals surface area contributed by atoms with Crippen LogP contribution in [0.4, 0.5) is 0 Å². The summed E-state index contributed by atoms with van der Waals surface area (Å²) in [5.41, 5.74) is 0.214. The van der Waals surface area contributed by atoms with E-state index in [2.05, 4.69) is 4.98 Å². The van der Waals surface area contributed by atoms with Crippen LogP contribution in [0.15, 0.2) is 53.4 Å². The molecule has 0 bridgehead atoms. The first-order valence-electron chi connectivity index (χ1n) is 5.64. The average molecular weight is 327 g/mol. The summed E-state index contributed by atoms with van der Waals surface area (Å²) in [7, 11) is -3.81. The van der Waals surface area contributed by atoms with Crippen LogP contribution < -0.4 is 0 Å². The number of pyridine rings is 1. The number of halogens is 2. The summed E-state index contributed by atoms with van der Waals surface area (Å²) in [6.07, 6.45) is 0. The molecule has 3 rings (SSSR count). The average Bonchev–Trinajstić information content (AvgIpc) is 2.75. The smallest absolute Gasteiger partial charge is 0.217 e. The third-order valence-electron chi connectivity index (χ3n) is 2.81. The summed E-state index contributed by atoms with van der Waals surface area (Å²) in [4.78, 5) is 4.19. The first kappa shape index (κ1) is 13.4. The third kappa shape index (κ3) is 2.08. The van der Waals surface area contributed by atoms with Crippen molar-refractivity contribution >= 4 is 44.3 Å². The number of aromatic nitrogens is 2. The quantitative estimate of drug-likeness (QED) is 0.676. The highest BCUT2D eigenvalue weighted by Crippen LogP contribution is 2.28. The molecule has 7 heteroatoms. The lowest BCUT2D eigenvalue weighted by Gasteiger charge is -2.08. The van der Waals surface area contributed by atoms with E-state index >= 15 is 0 Å². The van der Waals surface area contributed by atoms with E-state index in [0.29, 0.717) is 5.39 Å². The van der Waals surface area contributed by atoms with Crippen molar-refractivity contribution in [2.24, 2.45) is 0 Å². The number of rotatable bonds is 2. The van der Waals surface area contributed by atoms with E-state index in [0.717, 1.165) is 3.97 Å². The minimum absolute atomic E-state index is 0.0682. The molecule has 20 heavy (non-hydrogen) atoms. The lowest BCUT2D eigenvalue weighted by molar-refractivity contribution is 0.589. The second-order valence-electron chi connectivity index (χ2n) is 4.10. The Labute approximate surface area is 125 Å². The number of hydrogen-bond acceptors (Lipinski definition) is 3. The molecule has 0 aliphatic heterocycles. The molecule has 0 saturated carbocycles. The molecule has 0 fully saturated rings. The van der Waals surface area contributed by atoms with Crippen molar-refractivity contribution in [2.75, 3.05) is 0 Å². The molecule has 0 radical (unpaired) electrons. The van der Waals surface area contributed by atoms with Gasteiger partial charge in [-0.3, -0.25) is 0 Å². The van der Waals surface area contributed by atoms with Gasteiger partial charge in [-0.15, -0.1) is 0 Å². The highest BCUT2D eigenvalue weighted by molar-refractivity contribution is 7.90. The normalized spacial score (nSPS) is 11.9. The molecule has 0 spiro atoms. The molecule has 0 aliphatic carbocycles. The van der Waals surface area contributed by atoms with Crippen LogP contribution in [0.25, 0.3) is 11.0 Å². The zero-order chi connectivity index (χ0) is 14.3. The Morgan fingerprint density at radius 2 is 1.70 bits per heavy atom. The monoisotopic (exact) mass is 326 g/mol. The van der Waals surface area contributed by atoms with Crippen LogP contribution in [-0.4, -0.2) is 17.4 Å². The molecule has 0 saturated heterocycles. The summed E-state index contributed by atoms with van der Waals surface area (Å²) in [5, 5.41) is 0.884. The van der Waals surface area contributed by atoms with Gasteiger partial charge < -0.3 is 0 Å². The van der Waals surface area contributed by atoms with E-state index in [1.54, 1.807) is 36.4 Å². The van der Waals surface area contributed by atoms with E-state index < -0.39 is 10.0 Å². The van der Waals surface area contributed by atoms with Crippen molar-refractivity contribution in [2.45, 2.75) is 4.90 Å². The van der Waals surface area contributed by atoms with Gasteiger partial charge in [0.1, 0.15) is 10.3 Å². The zero-order valence-corrected chi connectivity index (χ0v) is 12.3. The van der Waals surface area contributed by atoms with Crippen LogP contribution in [0, 0.1) is 0 Å². The van der Waals surface area contributed by atoms with Gasteiger partial charge in [-0.05, 0) is 30.3 Å². The van der Waals surface area contributed by atoms with Crippen molar-refractivity contribution in [3.63, 3.8) is 0 Å². The molecule has 2 heterocycles. The first-order chi connectivity index (χ1) is 9.50. The Morgan fingerprint density at radius 3 is 2.40 bits per heavy atom. The Hall–Kier alpha value is -1.56. The van der Waals surface area contributed by atoms with Crippen molar-refractivity contribution in [1.82, 2.24) is 8.96 Å². The van der Waals surface area contributed by atoms with Gasteiger partial charge in [0.15, 0.2) is 5.65 Å². The predicted octanol–water partition coefficient (Wildman–Crippen LogP) is 3.58. The topological polar surface area (TPSA) is 52.0 Å². The maximum Gasteiger partial charge on any atom is 0.270 e. The van der Waals surface area contributed by atoms with E-state index in [9.17, 15) is 8.42 Å². The minimum atomic E-state index is -3.81. The maximum absolute atomic E-state index is 12.6. The fourth-order valence-electron chi connectivity index (χ4n) is 1.93. The van der Waals surface area contributed by atoms with E-state index in [1.165, 1.54) is 12.1 Å². The van der Waals surface area contributed by atoms with Crippen LogP contribution in [0.2, 0.25) is 10.3 Å². The van der Waals surface area contributed by atoms with Gasteiger partial charge >= 0.3 is 0 Å². The fourth-order valence-corrected chi connectivity index (χ4v) is 3.91. The van der Waals surface area contributed by atoms with Gasteiger partial charge in [0, 0.05) is 5.39 Å². The molecule has 0 unspecified atom stereocenters. The molecule has 102 valence electrons. The Morgan fingerprint density at radius 1 is 1.00 bits per heavy atom. The summed E-state index contributed by atoms with van der Waals surface area (Å²) in [5.74, 6) is 0. The molecular weight excluding hydrogens is 319 g/mol. The van der Waals surface area contributed by atoms with Crippen molar-refractivity contribution in [1.29, 1.82) is 0 Å². The molecule has 3 aromatic rings. The summed E-state index contributed by atoms with van der Waals surface area (Å²) in [6.45, 7) is 0. The standard InChI is InChI=1S/C13H8Cl2N2O2S/c14-11-7-6-9-8-12(15)17(13(9)16-11)20(18,19)10-4-2-1-3-5-10/h1-8H. The number of hydrogen-bond donors (Lipinski definition) is 0. The Kier molecular flexibility index (Phi) is 3.20. The Balaban J connectivity index is 2.35. The van der Waals surface area contributed by atoms with Crippen molar-refractivity contribution in [3.8, 4) is 0 Å². The maximum atomic E-state index is 12.6. The van der Waals surface area contributed by atoms with Gasteiger partial charge in [0.05, 0.1) is 4.90 Å². The summed E-state index contributed by atoms with van der Waals surface area (Å²) >= 11 is 11.9. The molecule has 4 nitrogen and oxygen atoms in total. The Bertz CT molecular complexity index is 889. The van der Waals surface area contributed by atoms with Crippen molar-refractivity contribution < 1.29 is 8.42 Å². The van der Waals surface area contributed by atoms with Crippen LogP contribution in [0.3, 0.4) is 0 Å². The highest BCUT2D eigenvalue weighted by Gasteiger charge is 2.23. The van der Waals surface area contributed by atoms with E-state index in [1.807, 2.05) is 0 Å². The molecule has 0 N–H and O–H groups in total. The SMILES string of the molecule is O=S(=O)(c1ccccc1)n1c(Cl)cc2ccc(Cl)nc21. The fraction of sp³-hybridized carbons (Fsp3) is 0. The second-order valence-corrected chi connectivity index (χ2v) is 6.66. The molecule has 2 aromatic heterocycles. The summed E-state index contributed by atoms with van der Waals surface area (Å²) < 4.78 is 26.3. The molecule has 0 amide bonds. The van der Waals surface area contributed by atoms with Gasteiger partial charge in [0.2, 0.25) is 0 Å². The molecule has 0 atom stereocenters. The van der Waals surface area contributed by atoms with Crippen LogP contribution in [0.1, 0.15) is 0 Å². The largest absolute Gasteiger partial charge is 0.270 e. The van der Waals surface area contributed by atoms with Crippen LogP contribution in [-0.2, 0) is 10.0 Å². The first-order valence-corrected chi connectivity index (χ1v) is 7.84. The van der Waals surface area contributed by atoms with Gasteiger partial charge in [-0.2, -0.15) is 0 Å². The van der Waals surface area contributed by atoms with Gasteiger partial charge in [-0.25, -0.2) is 17.4 Å². The van der Waals surface area contributed by atoms with Crippen molar-refractivity contribution in [3.05, 3.63) is 58.8 Å². The molecular formula is C13H8Cl2N2O2S. The number of benzene rings is 1. The highest BCUT2D eigenvalue weighted by atomic mass is 35.5. The number of nitrogens with zero attached hydrogens (tertiary/aromatic N) is 2. The zero-order valence-electron chi connectivity index (χ0n) is 9.99. The summed E-state index contributed by atoms with van der Waals surface area (Å²) in [6, 6.07) is 12.8. The second kappa shape index (κ2) is 4.77.